The van der Waals surface area contributed by atoms with Crippen molar-refractivity contribution in [1.82, 2.24) is 4.98 Å². The fourth-order valence-electron chi connectivity index (χ4n) is 1.96. The Hall–Kier alpha value is -0.890. The van der Waals surface area contributed by atoms with Crippen LogP contribution in [0.1, 0.15) is 55.3 Å². The fraction of sp³-hybridized carbons (Fsp3) is 0.583. The molecular formula is C12H19NO. The normalized spacial score (nSPS) is 13.4. The van der Waals surface area contributed by atoms with Gasteiger partial charge in [-0.1, -0.05) is 13.8 Å². The number of rotatable bonds is 2. The molecule has 0 aromatic carbocycles. The molecule has 1 heterocycles. The van der Waals surface area contributed by atoms with Crippen LogP contribution in [0.2, 0.25) is 0 Å². The monoisotopic (exact) mass is 193 g/mol. The van der Waals surface area contributed by atoms with Crippen LogP contribution in [0.25, 0.3) is 0 Å². The number of aryl methyl sites for hydroxylation is 2. The minimum atomic E-state index is -0.478. The largest absolute Gasteiger partial charge is 0.387 e. The molecule has 1 aromatic heterocycles. The van der Waals surface area contributed by atoms with Crippen LogP contribution in [0.5, 0.6) is 0 Å². The zero-order valence-corrected chi connectivity index (χ0v) is 9.63. The van der Waals surface area contributed by atoms with Gasteiger partial charge in [-0.25, -0.2) is 0 Å². The Labute approximate surface area is 86.0 Å². The molecule has 0 aliphatic heterocycles. The summed E-state index contributed by atoms with van der Waals surface area (Å²) in [6.45, 7) is 10.2. The molecular weight excluding hydrogens is 174 g/mol. The Morgan fingerprint density at radius 1 is 1.21 bits per heavy atom. The van der Waals surface area contributed by atoms with Crippen molar-refractivity contribution in [2.45, 2.75) is 46.6 Å². The summed E-state index contributed by atoms with van der Waals surface area (Å²) in [4.78, 5) is 4.40. The molecule has 1 aromatic rings. The summed E-state index contributed by atoms with van der Waals surface area (Å²) in [6.07, 6.45) is -0.478. The first kappa shape index (κ1) is 11.2. The number of pyridine rings is 1. The lowest BCUT2D eigenvalue weighted by atomic mass is 9.96. The topological polar surface area (TPSA) is 33.1 Å². The Morgan fingerprint density at radius 3 is 2.14 bits per heavy atom. The predicted octanol–water partition coefficient (Wildman–Crippen LogP) is 2.88. The Balaban J connectivity index is 3.25. The molecule has 1 rings (SSSR count). The third-order valence-corrected chi connectivity index (χ3v) is 2.48. The van der Waals surface area contributed by atoms with E-state index in [1.54, 1.807) is 6.92 Å². The van der Waals surface area contributed by atoms with Crippen LogP contribution in [0.3, 0.4) is 0 Å². The highest BCUT2D eigenvalue weighted by molar-refractivity contribution is 5.34. The van der Waals surface area contributed by atoms with Crippen molar-refractivity contribution in [3.8, 4) is 0 Å². The van der Waals surface area contributed by atoms with Crippen LogP contribution in [0.15, 0.2) is 6.07 Å². The number of hydrogen-bond donors (Lipinski definition) is 1. The molecule has 0 saturated carbocycles. The Morgan fingerprint density at radius 2 is 1.79 bits per heavy atom. The molecule has 0 radical (unpaired) electrons. The van der Waals surface area contributed by atoms with Crippen LogP contribution < -0.4 is 0 Å². The van der Waals surface area contributed by atoms with E-state index in [2.05, 4.69) is 25.8 Å². The lowest BCUT2D eigenvalue weighted by Crippen LogP contribution is -2.04. The van der Waals surface area contributed by atoms with E-state index in [0.29, 0.717) is 5.92 Å². The maximum absolute atomic E-state index is 9.44. The second kappa shape index (κ2) is 4.09. The van der Waals surface area contributed by atoms with Gasteiger partial charge < -0.3 is 5.11 Å². The maximum atomic E-state index is 9.44. The second-order valence-electron chi connectivity index (χ2n) is 4.19. The third-order valence-electron chi connectivity index (χ3n) is 2.48. The Kier molecular flexibility index (Phi) is 3.27. The molecule has 2 nitrogen and oxygen atoms in total. The van der Waals surface area contributed by atoms with Crippen molar-refractivity contribution in [1.29, 1.82) is 0 Å². The summed E-state index contributed by atoms with van der Waals surface area (Å²) >= 11 is 0. The first-order valence-corrected chi connectivity index (χ1v) is 5.09. The lowest BCUT2D eigenvalue weighted by molar-refractivity contribution is 0.194. The summed E-state index contributed by atoms with van der Waals surface area (Å²) in [5.74, 6) is 0.491. The van der Waals surface area contributed by atoms with Crippen LogP contribution in [-0.2, 0) is 0 Å². The molecule has 0 saturated heterocycles. The third kappa shape index (κ3) is 2.13. The van der Waals surface area contributed by atoms with Gasteiger partial charge in [0, 0.05) is 5.69 Å². The molecule has 1 N–H and O–H groups in total. The van der Waals surface area contributed by atoms with Gasteiger partial charge in [-0.3, -0.25) is 4.98 Å². The maximum Gasteiger partial charge on any atom is 0.0931 e. The zero-order chi connectivity index (χ0) is 10.9. The SMILES string of the molecule is Cc1cc(C(C)O)nc(C)c1C(C)C. The average Bonchev–Trinajstić information content (AvgIpc) is 2.01. The van der Waals surface area contributed by atoms with Crippen molar-refractivity contribution in [3.05, 3.63) is 28.6 Å². The van der Waals surface area contributed by atoms with Crippen LogP contribution in [-0.4, -0.2) is 10.1 Å². The highest BCUT2D eigenvalue weighted by Crippen LogP contribution is 2.24. The highest BCUT2D eigenvalue weighted by Gasteiger charge is 2.11. The van der Waals surface area contributed by atoms with Crippen LogP contribution >= 0.6 is 0 Å². The molecule has 0 aliphatic rings. The van der Waals surface area contributed by atoms with Crippen molar-refractivity contribution >= 4 is 0 Å². The van der Waals surface area contributed by atoms with Crippen molar-refractivity contribution in [2.75, 3.05) is 0 Å². The van der Waals surface area contributed by atoms with Gasteiger partial charge in [0.2, 0.25) is 0 Å². The summed E-state index contributed by atoms with van der Waals surface area (Å²) in [7, 11) is 0. The second-order valence-corrected chi connectivity index (χ2v) is 4.19. The van der Waals surface area contributed by atoms with E-state index in [9.17, 15) is 5.11 Å². The Bertz CT molecular complexity index is 306. The fourth-order valence-corrected chi connectivity index (χ4v) is 1.96. The van der Waals surface area contributed by atoms with Gasteiger partial charge in [0.05, 0.1) is 11.8 Å². The molecule has 1 unspecified atom stereocenters. The van der Waals surface area contributed by atoms with Crippen molar-refractivity contribution in [2.24, 2.45) is 0 Å². The minimum Gasteiger partial charge on any atom is -0.387 e. The van der Waals surface area contributed by atoms with E-state index < -0.39 is 6.10 Å². The molecule has 0 amide bonds. The van der Waals surface area contributed by atoms with Crippen molar-refractivity contribution < 1.29 is 5.11 Å². The van der Waals surface area contributed by atoms with Crippen LogP contribution in [0, 0.1) is 13.8 Å². The van der Waals surface area contributed by atoms with Gasteiger partial charge in [-0.15, -0.1) is 0 Å². The van der Waals surface area contributed by atoms with Gasteiger partial charge in [0.1, 0.15) is 0 Å². The number of aliphatic hydroxyl groups excluding tert-OH is 1. The quantitative estimate of drug-likeness (QED) is 0.783. The van der Waals surface area contributed by atoms with Gasteiger partial charge >= 0.3 is 0 Å². The minimum absolute atomic E-state index is 0.478. The molecule has 78 valence electrons. The molecule has 1 atom stereocenters. The molecule has 14 heavy (non-hydrogen) atoms. The molecule has 2 heteroatoms. The average molecular weight is 193 g/mol. The first-order valence-electron chi connectivity index (χ1n) is 5.09. The molecule has 0 bridgehead atoms. The number of aromatic nitrogens is 1. The smallest absolute Gasteiger partial charge is 0.0931 e. The van der Waals surface area contributed by atoms with Gasteiger partial charge in [0.25, 0.3) is 0 Å². The van der Waals surface area contributed by atoms with E-state index >= 15 is 0 Å². The van der Waals surface area contributed by atoms with Gasteiger partial charge in [-0.2, -0.15) is 0 Å². The summed E-state index contributed by atoms with van der Waals surface area (Å²) in [5.41, 5.74) is 4.33. The standard InChI is InChI=1S/C12H19NO/c1-7(2)12-8(3)6-11(10(5)14)13-9(12)4/h6-7,10,14H,1-5H3. The van der Waals surface area contributed by atoms with E-state index in [1.165, 1.54) is 11.1 Å². The van der Waals surface area contributed by atoms with E-state index in [-0.39, 0.29) is 0 Å². The zero-order valence-electron chi connectivity index (χ0n) is 9.63. The van der Waals surface area contributed by atoms with E-state index in [0.717, 1.165) is 11.4 Å². The van der Waals surface area contributed by atoms with E-state index in [1.807, 2.05) is 13.0 Å². The molecule has 0 spiro atoms. The highest BCUT2D eigenvalue weighted by atomic mass is 16.3. The number of nitrogens with zero attached hydrogens (tertiary/aromatic N) is 1. The van der Waals surface area contributed by atoms with Gasteiger partial charge in [0.15, 0.2) is 0 Å². The summed E-state index contributed by atoms with van der Waals surface area (Å²) in [5, 5.41) is 9.44. The lowest BCUT2D eigenvalue weighted by Gasteiger charge is -2.15. The predicted molar refractivity (Wildman–Crippen MR) is 58.4 cm³/mol. The van der Waals surface area contributed by atoms with Crippen LogP contribution in [0.4, 0.5) is 0 Å². The molecule has 0 aliphatic carbocycles. The van der Waals surface area contributed by atoms with E-state index in [4.69, 9.17) is 0 Å². The molecule has 0 fully saturated rings. The summed E-state index contributed by atoms with van der Waals surface area (Å²) in [6, 6.07) is 1.98. The first-order chi connectivity index (χ1) is 6.43. The van der Waals surface area contributed by atoms with Gasteiger partial charge in [-0.05, 0) is 43.9 Å². The number of hydrogen-bond acceptors (Lipinski definition) is 2. The van der Waals surface area contributed by atoms with Crippen molar-refractivity contribution in [3.63, 3.8) is 0 Å². The number of aliphatic hydroxyl groups is 1. The summed E-state index contributed by atoms with van der Waals surface area (Å²) < 4.78 is 0.